The number of carboxylic acids is 1. The lowest BCUT2D eigenvalue weighted by atomic mass is 9.83. The third kappa shape index (κ3) is 0.597. The van der Waals surface area contributed by atoms with Gasteiger partial charge in [-0.05, 0) is 0 Å². The zero-order chi connectivity index (χ0) is 8.93. The van der Waals surface area contributed by atoms with Gasteiger partial charge in [0.2, 0.25) is 0 Å². The minimum atomic E-state index is -1.48. The van der Waals surface area contributed by atoms with Crippen LogP contribution in [0.4, 0.5) is 0 Å². The van der Waals surface area contributed by atoms with Crippen LogP contribution in [0.1, 0.15) is 6.42 Å². The molecule has 0 saturated carbocycles. The molecule has 64 valence electrons. The monoisotopic (exact) mass is 169 g/mol. The number of carboxylic acid groups (broad SMARTS) is 1. The minimum absolute atomic E-state index is 0.109. The van der Waals surface area contributed by atoms with Crippen LogP contribution in [0.5, 0.6) is 0 Å². The molecule has 1 N–H and O–H groups in total. The first-order chi connectivity index (χ1) is 5.57. The van der Waals surface area contributed by atoms with E-state index in [9.17, 15) is 14.4 Å². The third-order valence-corrected chi connectivity index (χ3v) is 2.51. The molecule has 0 radical (unpaired) electrons. The molecule has 0 aromatic carbocycles. The van der Waals surface area contributed by atoms with Gasteiger partial charge in [-0.25, -0.2) is 4.79 Å². The molecule has 0 aromatic heterocycles. The van der Waals surface area contributed by atoms with Gasteiger partial charge in [0.05, 0.1) is 13.1 Å². The lowest BCUT2D eigenvalue weighted by molar-refractivity contribution is -0.166. The van der Waals surface area contributed by atoms with E-state index in [1.165, 1.54) is 4.90 Å². The molecule has 2 aliphatic rings. The molecule has 5 heteroatoms. The maximum atomic E-state index is 11.0. The molecule has 2 heterocycles. The fourth-order valence-corrected chi connectivity index (χ4v) is 1.81. The van der Waals surface area contributed by atoms with Gasteiger partial charge < -0.3 is 5.11 Å². The number of ketones is 2. The smallest absolute Gasteiger partial charge is 0.332 e. The van der Waals surface area contributed by atoms with Gasteiger partial charge in [-0.15, -0.1) is 0 Å². The van der Waals surface area contributed by atoms with Gasteiger partial charge in [0.25, 0.3) is 0 Å². The van der Waals surface area contributed by atoms with E-state index < -0.39 is 11.5 Å². The summed E-state index contributed by atoms with van der Waals surface area (Å²) in [6.45, 7) is 0.218. The molecule has 1 unspecified atom stereocenters. The van der Waals surface area contributed by atoms with Crippen molar-refractivity contribution in [2.24, 2.45) is 0 Å². The van der Waals surface area contributed by atoms with Crippen LogP contribution in [0.15, 0.2) is 0 Å². The maximum absolute atomic E-state index is 11.0. The lowest BCUT2D eigenvalue weighted by Crippen LogP contribution is -2.68. The fraction of sp³-hybridized carbons (Fsp3) is 0.571. The Kier molecular flexibility index (Phi) is 1.19. The van der Waals surface area contributed by atoms with Crippen LogP contribution in [0.25, 0.3) is 0 Å². The van der Waals surface area contributed by atoms with Crippen LogP contribution < -0.4 is 0 Å². The van der Waals surface area contributed by atoms with Crippen molar-refractivity contribution in [2.45, 2.75) is 12.0 Å². The number of Topliss-reactive ketones (excluding diaryl/α,β-unsaturated/α-hetero) is 2. The fourth-order valence-electron chi connectivity index (χ4n) is 1.81. The zero-order valence-corrected chi connectivity index (χ0v) is 6.24. The minimum Gasteiger partial charge on any atom is -0.480 e. The van der Waals surface area contributed by atoms with Crippen molar-refractivity contribution in [2.75, 3.05) is 13.1 Å². The molecule has 2 saturated heterocycles. The summed E-state index contributed by atoms with van der Waals surface area (Å²) in [5.74, 6) is -1.70. The summed E-state index contributed by atoms with van der Waals surface area (Å²) in [5, 5.41) is 8.77. The average Bonchev–Trinajstić information content (AvgIpc) is 2.23. The van der Waals surface area contributed by atoms with Gasteiger partial charge in [-0.3, -0.25) is 14.5 Å². The topological polar surface area (TPSA) is 74.7 Å². The molecule has 2 rings (SSSR count). The van der Waals surface area contributed by atoms with E-state index in [0.717, 1.165) is 0 Å². The normalized spacial score (nSPS) is 34.7. The Morgan fingerprint density at radius 3 is 2.42 bits per heavy atom. The van der Waals surface area contributed by atoms with Crippen molar-refractivity contribution >= 4 is 17.5 Å². The average molecular weight is 169 g/mol. The molecular weight excluding hydrogens is 162 g/mol. The lowest BCUT2D eigenvalue weighted by Gasteiger charge is -2.41. The Hall–Kier alpha value is -1.23. The van der Waals surface area contributed by atoms with Gasteiger partial charge in [0.15, 0.2) is 11.3 Å². The predicted octanol–water partition coefficient (Wildman–Crippen LogP) is -1.33. The highest BCUT2D eigenvalue weighted by molar-refractivity contribution is 6.18. The molecule has 0 spiro atoms. The first kappa shape index (κ1) is 7.42. The summed E-state index contributed by atoms with van der Waals surface area (Å²) in [7, 11) is 0. The Balaban J connectivity index is 2.38. The Morgan fingerprint density at radius 1 is 1.42 bits per heavy atom. The second kappa shape index (κ2) is 1.92. The van der Waals surface area contributed by atoms with Crippen molar-refractivity contribution < 1.29 is 19.5 Å². The number of carbonyl (C=O) groups is 3. The van der Waals surface area contributed by atoms with E-state index >= 15 is 0 Å². The van der Waals surface area contributed by atoms with Crippen LogP contribution in [0, 0.1) is 0 Å². The van der Waals surface area contributed by atoms with E-state index in [-0.39, 0.29) is 31.1 Å². The summed E-state index contributed by atoms with van der Waals surface area (Å²) in [6.07, 6.45) is -0.152. The summed E-state index contributed by atoms with van der Waals surface area (Å²) in [6, 6.07) is 0. The van der Waals surface area contributed by atoms with E-state index in [0.29, 0.717) is 0 Å². The first-order valence-corrected chi connectivity index (χ1v) is 3.61. The zero-order valence-electron chi connectivity index (χ0n) is 6.24. The molecule has 0 amide bonds. The van der Waals surface area contributed by atoms with Crippen LogP contribution in [-0.4, -0.2) is 46.2 Å². The van der Waals surface area contributed by atoms with Crippen LogP contribution in [0.3, 0.4) is 0 Å². The molecule has 2 aliphatic heterocycles. The summed E-state index contributed by atoms with van der Waals surface area (Å²) >= 11 is 0. The van der Waals surface area contributed by atoms with Gasteiger partial charge in [0, 0.05) is 6.42 Å². The summed E-state index contributed by atoms with van der Waals surface area (Å²) in [4.78, 5) is 34.1. The SMILES string of the molecule is O=C1CN2CC(=O)C2(C(=O)O)C1. The van der Waals surface area contributed by atoms with E-state index in [1.54, 1.807) is 0 Å². The van der Waals surface area contributed by atoms with Gasteiger partial charge in [-0.2, -0.15) is 0 Å². The number of fused-ring (bicyclic) bond motifs is 1. The first-order valence-electron chi connectivity index (χ1n) is 3.61. The predicted molar refractivity (Wildman–Crippen MR) is 36.6 cm³/mol. The summed E-state index contributed by atoms with van der Waals surface area (Å²) in [5.41, 5.74) is -1.48. The van der Waals surface area contributed by atoms with Crippen molar-refractivity contribution in [3.63, 3.8) is 0 Å². The second-order valence-corrected chi connectivity index (χ2v) is 3.16. The Bertz CT molecular complexity index is 288. The number of aliphatic carboxylic acids is 1. The maximum Gasteiger partial charge on any atom is 0.332 e. The standard InChI is InChI=1S/C7H7NO4/c9-4-1-7(6(11)12)5(10)3-8(7)2-4/h1-3H2,(H,11,12). The molecule has 2 fully saturated rings. The van der Waals surface area contributed by atoms with Crippen molar-refractivity contribution in [1.82, 2.24) is 4.90 Å². The highest BCUT2D eigenvalue weighted by atomic mass is 16.4. The van der Waals surface area contributed by atoms with Gasteiger partial charge in [-0.1, -0.05) is 0 Å². The van der Waals surface area contributed by atoms with E-state index in [1.807, 2.05) is 0 Å². The Morgan fingerprint density at radius 2 is 2.08 bits per heavy atom. The van der Waals surface area contributed by atoms with Crippen LogP contribution >= 0.6 is 0 Å². The number of hydrogen-bond donors (Lipinski definition) is 1. The van der Waals surface area contributed by atoms with Crippen LogP contribution in [0.2, 0.25) is 0 Å². The van der Waals surface area contributed by atoms with E-state index in [4.69, 9.17) is 5.11 Å². The highest BCUT2D eigenvalue weighted by Crippen LogP contribution is 2.36. The van der Waals surface area contributed by atoms with E-state index in [2.05, 4.69) is 0 Å². The van der Waals surface area contributed by atoms with Crippen molar-refractivity contribution in [1.29, 1.82) is 0 Å². The van der Waals surface area contributed by atoms with Crippen molar-refractivity contribution in [3.05, 3.63) is 0 Å². The molecule has 0 aliphatic carbocycles. The third-order valence-electron chi connectivity index (χ3n) is 2.51. The van der Waals surface area contributed by atoms with Gasteiger partial charge in [0.1, 0.15) is 5.78 Å². The largest absolute Gasteiger partial charge is 0.480 e. The number of hydrogen-bond acceptors (Lipinski definition) is 4. The number of nitrogens with zero attached hydrogens (tertiary/aromatic N) is 1. The highest BCUT2D eigenvalue weighted by Gasteiger charge is 2.64. The molecule has 12 heavy (non-hydrogen) atoms. The number of rotatable bonds is 1. The van der Waals surface area contributed by atoms with Gasteiger partial charge >= 0.3 is 5.97 Å². The molecule has 0 bridgehead atoms. The van der Waals surface area contributed by atoms with Crippen molar-refractivity contribution in [3.8, 4) is 0 Å². The molecular formula is C7H7NO4. The molecule has 1 atom stereocenters. The quantitative estimate of drug-likeness (QED) is 0.492. The number of carbonyl (C=O) groups excluding carboxylic acids is 2. The molecule has 5 nitrogen and oxygen atoms in total. The van der Waals surface area contributed by atoms with Crippen LogP contribution in [-0.2, 0) is 14.4 Å². The second-order valence-electron chi connectivity index (χ2n) is 3.16. The summed E-state index contributed by atoms with van der Waals surface area (Å²) < 4.78 is 0. The molecule has 0 aromatic rings. The Labute approximate surface area is 68.0 Å².